The maximum Gasteiger partial charge on any atom is 0.332 e. The van der Waals surface area contributed by atoms with Crippen molar-refractivity contribution in [2.75, 3.05) is 12.4 Å². The van der Waals surface area contributed by atoms with Gasteiger partial charge in [-0.25, -0.2) is 14.5 Å². The maximum absolute atomic E-state index is 11.4. The molecule has 0 saturated carbocycles. The van der Waals surface area contributed by atoms with E-state index in [4.69, 9.17) is 16.3 Å². The van der Waals surface area contributed by atoms with Gasteiger partial charge in [0.2, 0.25) is 0 Å². The predicted molar refractivity (Wildman–Crippen MR) is 86.6 cm³/mol. The second kappa shape index (κ2) is 7.09. The minimum absolute atomic E-state index is 0.158. The van der Waals surface area contributed by atoms with Gasteiger partial charge in [0.15, 0.2) is 5.82 Å². The highest BCUT2D eigenvalue weighted by atomic mass is 35.5. The molecule has 0 unspecified atom stereocenters. The van der Waals surface area contributed by atoms with Crippen molar-refractivity contribution in [1.29, 1.82) is 0 Å². The number of esters is 1. The molecule has 0 aliphatic carbocycles. The molecular formula is C15H17ClN4O2. The number of halogens is 1. The number of hydrogen-bond donors (Lipinski definition) is 1. The smallest absolute Gasteiger partial charge is 0.332 e. The lowest BCUT2D eigenvalue weighted by molar-refractivity contribution is -0.141. The normalized spacial score (nSPS) is 11.1. The molecule has 0 radical (unpaired) electrons. The number of hydrogen-bond acceptors (Lipinski definition) is 5. The number of carbonyl (C=O) groups is 1. The first-order valence-electron chi connectivity index (χ1n) is 6.76. The number of rotatable bonds is 5. The first-order valence-corrected chi connectivity index (χ1v) is 7.14. The SMILES string of the molecule is CNc1cc(Cl)cc(-c2ncn(C=CC(=O)OC(C)C)n2)c1. The zero-order valence-electron chi connectivity index (χ0n) is 12.6. The van der Waals surface area contributed by atoms with Crippen LogP contribution in [0.4, 0.5) is 5.69 Å². The van der Waals surface area contributed by atoms with Crippen LogP contribution >= 0.6 is 11.6 Å². The molecule has 7 heteroatoms. The Balaban J connectivity index is 2.16. The Morgan fingerprint density at radius 3 is 2.86 bits per heavy atom. The monoisotopic (exact) mass is 320 g/mol. The lowest BCUT2D eigenvalue weighted by atomic mass is 10.2. The van der Waals surface area contributed by atoms with Gasteiger partial charge in [0, 0.05) is 35.6 Å². The highest BCUT2D eigenvalue weighted by Crippen LogP contribution is 2.24. The van der Waals surface area contributed by atoms with Gasteiger partial charge < -0.3 is 10.1 Å². The summed E-state index contributed by atoms with van der Waals surface area (Å²) in [5.74, 6) is 0.0909. The summed E-state index contributed by atoms with van der Waals surface area (Å²) < 4.78 is 6.44. The van der Waals surface area contributed by atoms with Crippen LogP contribution in [0.1, 0.15) is 13.8 Å². The molecule has 1 N–H and O–H groups in total. The van der Waals surface area contributed by atoms with Crippen LogP contribution in [0.2, 0.25) is 5.02 Å². The van der Waals surface area contributed by atoms with Gasteiger partial charge in [-0.3, -0.25) is 0 Å². The summed E-state index contributed by atoms with van der Waals surface area (Å²) in [7, 11) is 1.81. The van der Waals surface area contributed by atoms with Gasteiger partial charge in [0.1, 0.15) is 6.33 Å². The predicted octanol–water partition coefficient (Wildman–Crippen LogP) is 3.06. The summed E-state index contributed by atoms with van der Waals surface area (Å²) in [5, 5.41) is 7.89. The van der Waals surface area contributed by atoms with Crippen molar-refractivity contribution in [2.45, 2.75) is 20.0 Å². The topological polar surface area (TPSA) is 69.0 Å². The highest BCUT2D eigenvalue weighted by Gasteiger charge is 2.07. The number of nitrogens with one attached hydrogen (secondary N) is 1. The van der Waals surface area contributed by atoms with Crippen LogP contribution in [-0.4, -0.2) is 33.9 Å². The van der Waals surface area contributed by atoms with Crippen molar-refractivity contribution in [3.05, 3.63) is 35.6 Å². The average molecular weight is 321 g/mol. The minimum Gasteiger partial charge on any atom is -0.460 e. The third-order valence-electron chi connectivity index (χ3n) is 2.67. The number of benzene rings is 1. The summed E-state index contributed by atoms with van der Waals surface area (Å²) in [4.78, 5) is 15.6. The van der Waals surface area contributed by atoms with Gasteiger partial charge in [-0.05, 0) is 32.0 Å². The van der Waals surface area contributed by atoms with E-state index in [-0.39, 0.29) is 6.10 Å². The van der Waals surface area contributed by atoms with Crippen LogP contribution in [0.15, 0.2) is 30.6 Å². The summed E-state index contributed by atoms with van der Waals surface area (Å²) in [6.45, 7) is 3.58. The van der Waals surface area contributed by atoms with Crippen LogP contribution in [0.5, 0.6) is 0 Å². The van der Waals surface area contributed by atoms with Crippen molar-refractivity contribution in [2.24, 2.45) is 0 Å². The van der Waals surface area contributed by atoms with Crippen molar-refractivity contribution in [1.82, 2.24) is 14.8 Å². The van der Waals surface area contributed by atoms with E-state index < -0.39 is 5.97 Å². The molecule has 2 rings (SSSR count). The van der Waals surface area contributed by atoms with Crippen LogP contribution in [0.25, 0.3) is 17.6 Å². The molecule has 1 heterocycles. The average Bonchev–Trinajstić information content (AvgIpc) is 2.92. The Bertz CT molecular complexity index is 695. The molecule has 1 aromatic carbocycles. The van der Waals surface area contributed by atoms with E-state index in [9.17, 15) is 4.79 Å². The third kappa shape index (κ3) is 4.33. The lowest BCUT2D eigenvalue weighted by Gasteiger charge is -2.03. The van der Waals surface area contributed by atoms with Crippen LogP contribution < -0.4 is 5.32 Å². The Kier molecular flexibility index (Phi) is 5.16. The summed E-state index contributed by atoms with van der Waals surface area (Å²) >= 11 is 6.06. The summed E-state index contributed by atoms with van der Waals surface area (Å²) in [5.41, 5.74) is 1.66. The Morgan fingerprint density at radius 1 is 1.41 bits per heavy atom. The van der Waals surface area contributed by atoms with E-state index >= 15 is 0 Å². The fourth-order valence-corrected chi connectivity index (χ4v) is 1.99. The molecule has 0 bridgehead atoms. The summed E-state index contributed by atoms with van der Waals surface area (Å²) in [6.07, 6.45) is 4.14. The van der Waals surface area contributed by atoms with Crippen molar-refractivity contribution < 1.29 is 9.53 Å². The van der Waals surface area contributed by atoms with E-state index in [0.717, 1.165) is 11.3 Å². The molecule has 6 nitrogen and oxygen atoms in total. The number of anilines is 1. The lowest BCUT2D eigenvalue weighted by Crippen LogP contribution is -2.08. The fraction of sp³-hybridized carbons (Fsp3) is 0.267. The first kappa shape index (κ1) is 16.0. The molecule has 0 saturated heterocycles. The van der Waals surface area contributed by atoms with Crippen LogP contribution in [0.3, 0.4) is 0 Å². The molecule has 116 valence electrons. The maximum atomic E-state index is 11.4. The first-order chi connectivity index (χ1) is 10.5. The largest absolute Gasteiger partial charge is 0.460 e. The van der Waals surface area contributed by atoms with Crippen molar-refractivity contribution in [3.8, 4) is 11.4 Å². The Morgan fingerprint density at radius 2 is 2.18 bits per heavy atom. The van der Waals surface area contributed by atoms with Gasteiger partial charge in [-0.2, -0.15) is 0 Å². The molecule has 0 atom stereocenters. The molecule has 0 aliphatic heterocycles. The fourth-order valence-electron chi connectivity index (χ4n) is 1.75. The van der Waals surface area contributed by atoms with Gasteiger partial charge in [0.25, 0.3) is 0 Å². The zero-order valence-corrected chi connectivity index (χ0v) is 13.3. The standard InChI is InChI=1S/C15H17ClN4O2/c1-10(2)22-14(21)4-5-20-9-18-15(19-20)11-6-12(16)8-13(7-11)17-3/h4-10,17H,1-3H3. The number of carbonyl (C=O) groups excluding carboxylic acids is 1. The zero-order chi connectivity index (χ0) is 16.1. The van der Waals surface area contributed by atoms with Crippen molar-refractivity contribution in [3.63, 3.8) is 0 Å². The van der Waals surface area contributed by atoms with E-state index in [1.54, 1.807) is 19.9 Å². The number of ether oxygens (including phenoxy) is 1. The number of nitrogens with zero attached hydrogens (tertiary/aromatic N) is 3. The number of aromatic nitrogens is 3. The highest BCUT2D eigenvalue weighted by molar-refractivity contribution is 6.31. The molecule has 1 aromatic heterocycles. The molecule has 2 aromatic rings. The van der Waals surface area contributed by atoms with E-state index in [0.29, 0.717) is 10.8 Å². The van der Waals surface area contributed by atoms with E-state index in [2.05, 4.69) is 15.4 Å². The summed E-state index contributed by atoms with van der Waals surface area (Å²) in [6, 6.07) is 5.48. The van der Waals surface area contributed by atoms with Gasteiger partial charge in [0.05, 0.1) is 6.10 Å². The molecule has 0 fully saturated rings. The Hall–Kier alpha value is -2.34. The quantitative estimate of drug-likeness (QED) is 0.677. The molecular weight excluding hydrogens is 304 g/mol. The second-order valence-corrected chi connectivity index (χ2v) is 5.26. The molecule has 22 heavy (non-hydrogen) atoms. The molecule has 0 aliphatic rings. The van der Waals surface area contributed by atoms with Gasteiger partial charge in [-0.15, -0.1) is 5.10 Å². The molecule has 0 amide bonds. The minimum atomic E-state index is -0.424. The van der Waals surface area contributed by atoms with Gasteiger partial charge >= 0.3 is 5.97 Å². The van der Waals surface area contributed by atoms with E-state index in [1.165, 1.54) is 23.3 Å². The second-order valence-electron chi connectivity index (χ2n) is 4.83. The van der Waals surface area contributed by atoms with Gasteiger partial charge in [-0.1, -0.05) is 11.6 Å². The van der Waals surface area contributed by atoms with Crippen LogP contribution in [0, 0.1) is 0 Å². The molecule has 0 spiro atoms. The third-order valence-corrected chi connectivity index (χ3v) is 2.89. The van der Waals surface area contributed by atoms with Crippen LogP contribution in [-0.2, 0) is 9.53 Å². The Labute approximate surface area is 133 Å². The van der Waals surface area contributed by atoms with Crippen molar-refractivity contribution >= 4 is 29.5 Å². The van der Waals surface area contributed by atoms with E-state index in [1.807, 2.05) is 19.2 Å².